The first-order chi connectivity index (χ1) is 16.2. The summed E-state index contributed by atoms with van der Waals surface area (Å²) in [7, 11) is 0. The summed E-state index contributed by atoms with van der Waals surface area (Å²) in [6.45, 7) is 9.00. The molecule has 3 aromatic carbocycles. The van der Waals surface area contributed by atoms with Crippen molar-refractivity contribution in [1.29, 1.82) is 0 Å². The summed E-state index contributed by atoms with van der Waals surface area (Å²) in [6, 6.07) is 21.5. The molecule has 0 amide bonds. The number of aliphatic hydroxyl groups excluding tert-OH is 1. The number of hydrogen-bond acceptors (Lipinski definition) is 4. The van der Waals surface area contributed by atoms with Crippen molar-refractivity contribution < 1.29 is 34.8 Å². The molecular weight excluding hydrogens is 615 g/mol. The van der Waals surface area contributed by atoms with Crippen molar-refractivity contribution in [3.63, 3.8) is 0 Å². The zero-order chi connectivity index (χ0) is 24.6. The minimum absolute atomic E-state index is 0. The number of aromatic nitrogens is 1. The van der Waals surface area contributed by atoms with Crippen molar-refractivity contribution in [2.24, 2.45) is 0 Å². The molecule has 0 fully saturated rings. The molecule has 1 radical (unpaired) electrons. The second-order valence-corrected chi connectivity index (χ2v) is 8.73. The Balaban J connectivity index is 0.000000378. The predicted octanol–water partition coefficient (Wildman–Crippen LogP) is 6.87. The molecule has 0 atom stereocenters. The summed E-state index contributed by atoms with van der Waals surface area (Å²) < 4.78 is 0. The third-order valence-corrected chi connectivity index (χ3v) is 5.70. The first-order valence-corrected chi connectivity index (χ1v) is 11.1. The van der Waals surface area contributed by atoms with Crippen LogP contribution < -0.4 is 0 Å². The van der Waals surface area contributed by atoms with Gasteiger partial charge in [-0.05, 0) is 49.2 Å². The number of fused-ring (bicyclic) bond motifs is 2. The first kappa shape index (κ1) is 26.2. The van der Waals surface area contributed by atoms with Gasteiger partial charge < -0.3 is 5.11 Å². The van der Waals surface area contributed by atoms with Gasteiger partial charge in [-0.1, -0.05) is 50.2 Å². The Kier molecular flexibility index (Phi) is 7.84. The fourth-order valence-electron chi connectivity index (χ4n) is 4.50. The second-order valence-electron chi connectivity index (χ2n) is 8.73. The van der Waals surface area contributed by atoms with E-state index in [1.165, 1.54) is 19.9 Å². The second kappa shape index (κ2) is 10.5. The van der Waals surface area contributed by atoms with Crippen LogP contribution in [0.1, 0.15) is 46.5 Å². The van der Waals surface area contributed by atoms with E-state index in [0.29, 0.717) is 0 Å². The monoisotopic (exact) mass is 641 g/mol. The average molecular weight is 641 g/mol. The van der Waals surface area contributed by atoms with Crippen LogP contribution in [0.3, 0.4) is 0 Å². The Morgan fingerprint density at radius 1 is 0.943 bits per heavy atom. The molecule has 1 aromatic heterocycles. The number of ketones is 2. The molecule has 1 aliphatic rings. The molecule has 4 aromatic rings. The van der Waals surface area contributed by atoms with Crippen molar-refractivity contribution in [3.05, 3.63) is 100 Å². The number of hydrogen-bond donors (Lipinski definition) is 1. The van der Waals surface area contributed by atoms with Gasteiger partial charge in [-0.15, -0.1) is 34.9 Å². The van der Waals surface area contributed by atoms with E-state index >= 15 is 0 Å². The van der Waals surface area contributed by atoms with E-state index in [1.807, 2.05) is 37.3 Å². The van der Waals surface area contributed by atoms with E-state index in [2.05, 4.69) is 44.2 Å². The minimum Gasteiger partial charge on any atom is -0.512 e. The molecule has 1 N–H and O–H groups in total. The number of aryl methyl sites for hydroxylation is 3. The van der Waals surface area contributed by atoms with Crippen molar-refractivity contribution in [2.45, 2.75) is 34.6 Å². The number of carbonyl (C=O) groups is 2. The van der Waals surface area contributed by atoms with Gasteiger partial charge in [0.25, 0.3) is 0 Å². The maximum Gasteiger partial charge on any atom is 0.193 e. The van der Waals surface area contributed by atoms with E-state index < -0.39 is 0 Å². The third-order valence-electron chi connectivity index (χ3n) is 5.70. The van der Waals surface area contributed by atoms with E-state index in [1.54, 1.807) is 0 Å². The number of nitrogens with zero attached hydrogens (tertiary/aromatic N) is 1. The van der Waals surface area contributed by atoms with Crippen LogP contribution in [0.4, 0.5) is 0 Å². The van der Waals surface area contributed by atoms with E-state index in [9.17, 15) is 9.59 Å². The number of aliphatic hydroxyl groups is 1. The molecule has 35 heavy (non-hydrogen) atoms. The normalized spacial score (nSPS) is 11.8. The summed E-state index contributed by atoms with van der Waals surface area (Å²) in [5, 5.41) is 9.32. The molecule has 5 rings (SSSR count). The van der Waals surface area contributed by atoms with Crippen LogP contribution in [0.5, 0.6) is 0 Å². The molecule has 5 heteroatoms. The van der Waals surface area contributed by atoms with Gasteiger partial charge in [0, 0.05) is 42.7 Å². The topological polar surface area (TPSA) is 67.3 Å². The van der Waals surface area contributed by atoms with Crippen molar-refractivity contribution in [3.8, 4) is 22.4 Å². The quantitative estimate of drug-likeness (QED) is 0.130. The number of allylic oxidation sites excluding steroid dienone is 2. The van der Waals surface area contributed by atoms with Gasteiger partial charge in [0.1, 0.15) is 0 Å². The van der Waals surface area contributed by atoms with Gasteiger partial charge in [0.15, 0.2) is 11.6 Å². The van der Waals surface area contributed by atoms with Crippen LogP contribution in [-0.2, 0) is 24.9 Å². The summed E-state index contributed by atoms with van der Waals surface area (Å²) in [5.41, 5.74) is 9.57. The molecule has 0 aliphatic heterocycles. The summed E-state index contributed by atoms with van der Waals surface area (Å²) in [5.74, 6) is 0.0120. The fraction of sp³-hybridized carbons (Fsp3) is 0.167. The number of pyridine rings is 1. The molecule has 1 aliphatic carbocycles. The van der Waals surface area contributed by atoms with Gasteiger partial charge in [0.05, 0.1) is 11.3 Å². The molecule has 4 nitrogen and oxygen atoms in total. The zero-order valence-corrected chi connectivity index (χ0v) is 22.7. The Bertz CT molecular complexity index is 1480. The van der Waals surface area contributed by atoms with Gasteiger partial charge in [-0.2, -0.15) is 0 Å². The van der Waals surface area contributed by atoms with Gasteiger partial charge in [0.2, 0.25) is 0 Å². The van der Waals surface area contributed by atoms with Crippen LogP contribution in [0.2, 0.25) is 0 Å². The van der Waals surface area contributed by atoms with Crippen LogP contribution in [-0.4, -0.2) is 21.7 Å². The largest absolute Gasteiger partial charge is 0.512 e. The summed E-state index contributed by atoms with van der Waals surface area (Å²) >= 11 is 0. The molecule has 0 bridgehead atoms. The smallest absolute Gasteiger partial charge is 0.193 e. The van der Waals surface area contributed by atoms with Gasteiger partial charge >= 0.3 is 0 Å². The Morgan fingerprint density at radius 3 is 2.26 bits per heavy atom. The number of rotatable bonds is 2. The minimum atomic E-state index is -0.125. The van der Waals surface area contributed by atoms with E-state index in [4.69, 9.17) is 10.1 Å². The number of benzene rings is 3. The summed E-state index contributed by atoms with van der Waals surface area (Å²) in [4.78, 5) is 28.2. The molecule has 0 spiro atoms. The zero-order valence-electron chi connectivity index (χ0n) is 20.3. The van der Waals surface area contributed by atoms with Gasteiger partial charge in [-0.25, -0.2) is 0 Å². The molecule has 1 heterocycles. The number of carbonyl (C=O) groups excluding carboxylic acids is 2. The van der Waals surface area contributed by atoms with Crippen LogP contribution in [0.25, 0.3) is 33.3 Å². The average Bonchev–Trinajstić information content (AvgIpc) is 2.75. The SMILES string of the molecule is CC(=O)/C=C(/C)O.Cc1[c-]c(-c2cc3c4c(cccc4n2)-c2c(C)cccc2C3=O)cc(C)c1.[Ir]. The maximum absolute atomic E-state index is 13.3. The van der Waals surface area contributed by atoms with Crippen LogP contribution in [0.15, 0.2) is 66.4 Å². The molecule has 0 unspecified atom stereocenters. The molecular formula is C30H26IrNO3-. The van der Waals surface area contributed by atoms with Crippen molar-refractivity contribution >= 4 is 22.5 Å². The molecule has 0 saturated heterocycles. The Hall–Kier alpha value is -3.40. The Labute approximate surface area is 219 Å². The van der Waals surface area contributed by atoms with E-state index in [-0.39, 0.29) is 37.4 Å². The molecule has 179 valence electrons. The standard InChI is InChI=1S/C25H18NO.C5H8O2.Ir/c1-14-10-15(2)12-17(11-14)22-13-20-24-18(7-5-9-21(24)26-22)23-16(3)6-4-8-19(23)25(20)27;1-4(6)3-5(2)7;/h4-11,13H,1-3H3;3,6H,1-2H3;/q-1;;/b;4-3-;. The molecule has 0 saturated carbocycles. The third kappa shape index (κ3) is 5.32. The fourth-order valence-corrected chi connectivity index (χ4v) is 4.50. The van der Waals surface area contributed by atoms with Crippen LogP contribution in [0, 0.1) is 26.8 Å². The van der Waals surface area contributed by atoms with Crippen molar-refractivity contribution in [2.75, 3.05) is 0 Å². The summed E-state index contributed by atoms with van der Waals surface area (Å²) in [6.07, 6.45) is 1.17. The van der Waals surface area contributed by atoms with Crippen LogP contribution >= 0.6 is 0 Å². The first-order valence-electron chi connectivity index (χ1n) is 11.1. The van der Waals surface area contributed by atoms with Crippen molar-refractivity contribution in [1.82, 2.24) is 4.98 Å². The van der Waals surface area contributed by atoms with Gasteiger partial charge in [-0.3, -0.25) is 14.6 Å². The Morgan fingerprint density at radius 2 is 1.63 bits per heavy atom. The predicted molar refractivity (Wildman–Crippen MR) is 136 cm³/mol. The van der Waals surface area contributed by atoms with E-state index in [0.717, 1.165) is 61.1 Å². The maximum atomic E-state index is 13.3.